The van der Waals surface area contributed by atoms with E-state index in [1.165, 1.54) is 6.42 Å². The molecule has 1 amide bonds. The number of nitrogens with two attached hydrogens (primary N) is 1. The largest absolute Gasteiger partial charge is 0.327 e. The third kappa shape index (κ3) is 3.19. The number of hydrazine groups is 1. The fraction of sp³-hybridized carbons (Fsp3) is 0.917. The molecule has 4 atom stereocenters. The summed E-state index contributed by atoms with van der Waals surface area (Å²) in [5, 5.41) is 2.09. The van der Waals surface area contributed by atoms with Gasteiger partial charge in [-0.25, -0.2) is 5.01 Å². The molecule has 94 valence electrons. The average Bonchev–Trinajstić information content (AvgIpc) is 2.22. The van der Waals surface area contributed by atoms with E-state index in [0.717, 1.165) is 12.8 Å². The summed E-state index contributed by atoms with van der Waals surface area (Å²) in [6, 6.07) is 0.747. The van der Waals surface area contributed by atoms with Gasteiger partial charge in [-0.1, -0.05) is 13.3 Å². The predicted molar refractivity (Wildman–Crippen MR) is 65.6 cm³/mol. The zero-order valence-corrected chi connectivity index (χ0v) is 10.9. The highest BCUT2D eigenvalue weighted by Crippen LogP contribution is 2.20. The van der Waals surface area contributed by atoms with Crippen molar-refractivity contribution in [3.05, 3.63) is 0 Å². The highest BCUT2D eigenvalue weighted by Gasteiger charge is 2.28. The van der Waals surface area contributed by atoms with Crippen molar-refractivity contribution < 1.29 is 4.79 Å². The third-order valence-electron chi connectivity index (χ3n) is 3.64. The fourth-order valence-corrected chi connectivity index (χ4v) is 2.11. The first kappa shape index (κ1) is 13.5. The maximum absolute atomic E-state index is 11.9. The molecule has 0 spiro atoms. The lowest BCUT2D eigenvalue weighted by Crippen LogP contribution is -2.56. The molecular formula is C12H25N3O. The van der Waals surface area contributed by atoms with E-state index in [9.17, 15) is 4.79 Å². The quantitative estimate of drug-likeness (QED) is 0.763. The van der Waals surface area contributed by atoms with Crippen LogP contribution < -0.4 is 11.2 Å². The molecule has 1 rings (SSSR count). The maximum Gasteiger partial charge on any atom is 0.238 e. The average molecular weight is 227 g/mol. The van der Waals surface area contributed by atoms with E-state index < -0.39 is 0 Å². The van der Waals surface area contributed by atoms with Gasteiger partial charge in [-0.3, -0.25) is 10.2 Å². The summed E-state index contributed by atoms with van der Waals surface area (Å²) in [6.45, 7) is 8.06. The van der Waals surface area contributed by atoms with E-state index in [4.69, 9.17) is 5.73 Å². The van der Waals surface area contributed by atoms with E-state index in [2.05, 4.69) is 24.3 Å². The summed E-state index contributed by atoms with van der Waals surface area (Å²) in [6.07, 6.45) is 3.55. The molecule has 1 aliphatic heterocycles. The molecule has 0 aromatic heterocycles. The van der Waals surface area contributed by atoms with Crippen LogP contribution >= 0.6 is 0 Å². The van der Waals surface area contributed by atoms with Crippen molar-refractivity contribution in [3.63, 3.8) is 0 Å². The standard InChI is InChI=1S/C12H25N3O/c1-8-6-5-7-9(2)15(8)14-12(16)10(3)11(4)13/h8-11H,5-7,13H2,1-4H3,(H,14,16). The number of amides is 1. The zero-order valence-electron chi connectivity index (χ0n) is 10.9. The fourth-order valence-electron chi connectivity index (χ4n) is 2.11. The maximum atomic E-state index is 11.9. The lowest BCUT2D eigenvalue weighted by Gasteiger charge is -2.39. The Balaban J connectivity index is 2.54. The van der Waals surface area contributed by atoms with E-state index >= 15 is 0 Å². The second-order valence-electron chi connectivity index (χ2n) is 5.16. The van der Waals surface area contributed by atoms with Crippen molar-refractivity contribution in [1.82, 2.24) is 10.4 Å². The Labute approximate surface area is 98.5 Å². The molecule has 0 bridgehead atoms. The number of carbonyl (C=O) groups is 1. The summed E-state index contributed by atoms with van der Waals surface area (Å²) in [7, 11) is 0. The van der Waals surface area contributed by atoms with Gasteiger partial charge >= 0.3 is 0 Å². The molecule has 1 aliphatic rings. The summed E-state index contributed by atoms with van der Waals surface area (Å²) in [5.74, 6) is -0.100. The van der Waals surface area contributed by atoms with Crippen LogP contribution in [0.2, 0.25) is 0 Å². The molecule has 0 aromatic rings. The highest BCUT2D eigenvalue weighted by atomic mass is 16.2. The van der Waals surface area contributed by atoms with Crippen molar-refractivity contribution in [2.45, 2.75) is 65.1 Å². The molecule has 3 N–H and O–H groups in total. The van der Waals surface area contributed by atoms with Crippen LogP contribution in [-0.2, 0) is 4.79 Å². The van der Waals surface area contributed by atoms with Gasteiger partial charge in [-0.05, 0) is 33.6 Å². The second kappa shape index (κ2) is 5.64. The van der Waals surface area contributed by atoms with Gasteiger partial charge in [0.25, 0.3) is 0 Å². The molecule has 4 heteroatoms. The topological polar surface area (TPSA) is 58.4 Å². The summed E-state index contributed by atoms with van der Waals surface area (Å²) in [5.41, 5.74) is 8.75. The number of hydrogen-bond acceptors (Lipinski definition) is 3. The summed E-state index contributed by atoms with van der Waals surface area (Å²) in [4.78, 5) is 11.9. The molecule has 1 saturated heterocycles. The number of carbonyl (C=O) groups excluding carboxylic acids is 1. The first-order valence-electron chi connectivity index (χ1n) is 6.28. The van der Waals surface area contributed by atoms with Crippen LogP contribution in [0.15, 0.2) is 0 Å². The monoisotopic (exact) mass is 227 g/mol. The van der Waals surface area contributed by atoms with Gasteiger partial charge in [-0.2, -0.15) is 0 Å². The van der Waals surface area contributed by atoms with Crippen LogP contribution in [0, 0.1) is 5.92 Å². The Bertz CT molecular complexity index is 232. The Hall–Kier alpha value is -0.610. The SMILES string of the molecule is CC(N)C(C)C(=O)NN1C(C)CCCC1C. The molecule has 4 nitrogen and oxygen atoms in total. The van der Waals surface area contributed by atoms with E-state index in [-0.39, 0.29) is 17.9 Å². The van der Waals surface area contributed by atoms with Crippen molar-refractivity contribution in [1.29, 1.82) is 0 Å². The van der Waals surface area contributed by atoms with Gasteiger partial charge in [0.1, 0.15) is 0 Å². The van der Waals surface area contributed by atoms with Gasteiger partial charge in [-0.15, -0.1) is 0 Å². The van der Waals surface area contributed by atoms with Gasteiger partial charge in [0.05, 0.1) is 5.92 Å². The number of piperidine rings is 1. The van der Waals surface area contributed by atoms with Crippen molar-refractivity contribution in [3.8, 4) is 0 Å². The molecule has 0 aromatic carbocycles. The van der Waals surface area contributed by atoms with Gasteiger partial charge in [0.15, 0.2) is 0 Å². The van der Waals surface area contributed by atoms with Gasteiger partial charge in [0.2, 0.25) is 5.91 Å². The van der Waals surface area contributed by atoms with E-state index in [0.29, 0.717) is 12.1 Å². The van der Waals surface area contributed by atoms with Crippen LogP contribution in [0.1, 0.15) is 47.0 Å². The minimum Gasteiger partial charge on any atom is -0.327 e. The van der Waals surface area contributed by atoms with Crippen LogP contribution in [0.3, 0.4) is 0 Å². The smallest absolute Gasteiger partial charge is 0.238 e. The van der Waals surface area contributed by atoms with Crippen molar-refractivity contribution in [2.75, 3.05) is 0 Å². The minimum absolute atomic E-state index is 0.0376. The van der Waals surface area contributed by atoms with Crippen LogP contribution in [-0.4, -0.2) is 29.0 Å². The molecule has 0 saturated carbocycles. The summed E-state index contributed by atoms with van der Waals surface area (Å²) < 4.78 is 0. The number of hydrogen-bond donors (Lipinski definition) is 2. The summed E-state index contributed by atoms with van der Waals surface area (Å²) >= 11 is 0. The molecule has 0 aliphatic carbocycles. The second-order valence-corrected chi connectivity index (χ2v) is 5.16. The lowest BCUT2D eigenvalue weighted by molar-refractivity contribution is -0.133. The normalized spacial score (nSPS) is 30.8. The van der Waals surface area contributed by atoms with Crippen molar-refractivity contribution >= 4 is 5.91 Å². The lowest BCUT2D eigenvalue weighted by atomic mass is 9.99. The molecular weight excluding hydrogens is 202 g/mol. The minimum atomic E-state index is -0.138. The Morgan fingerprint density at radius 3 is 2.25 bits per heavy atom. The van der Waals surface area contributed by atoms with Crippen molar-refractivity contribution in [2.24, 2.45) is 11.7 Å². The first-order valence-corrected chi connectivity index (χ1v) is 6.28. The molecule has 16 heavy (non-hydrogen) atoms. The third-order valence-corrected chi connectivity index (χ3v) is 3.64. The van der Waals surface area contributed by atoms with E-state index in [1.807, 2.05) is 13.8 Å². The van der Waals surface area contributed by atoms with Crippen LogP contribution in [0.5, 0.6) is 0 Å². The molecule has 4 unspecified atom stereocenters. The Morgan fingerprint density at radius 2 is 1.81 bits per heavy atom. The number of nitrogens with one attached hydrogen (secondary N) is 1. The zero-order chi connectivity index (χ0) is 12.3. The molecule has 0 radical (unpaired) electrons. The van der Waals surface area contributed by atoms with Gasteiger partial charge in [0, 0.05) is 18.1 Å². The molecule has 1 heterocycles. The van der Waals surface area contributed by atoms with Gasteiger partial charge < -0.3 is 5.73 Å². The first-order chi connectivity index (χ1) is 7.43. The van der Waals surface area contributed by atoms with Crippen LogP contribution in [0.4, 0.5) is 0 Å². The number of rotatable bonds is 3. The van der Waals surface area contributed by atoms with E-state index in [1.54, 1.807) is 0 Å². The Morgan fingerprint density at radius 1 is 1.31 bits per heavy atom. The Kier molecular flexibility index (Phi) is 4.74. The predicted octanol–water partition coefficient (Wildman–Crippen LogP) is 1.26. The van der Waals surface area contributed by atoms with Crippen LogP contribution in [0.25, 0.3) is 0 Å². The number of nitrogens with zero attached hydrogens (tertiary/aromatic N) is 1. The highest BCUT2D eigenvalue weighted by molar-refractivity contribution is 5.78. The molecule has 1 fully saturated rings.